The zero-order valence-corrected chi connectivity index (χ0v) is 8.43. The first-order valence-corrected chi connectivity index (χ1v) is 4.71. The highest BCUT2D eigenvalue weighted by Gasteiger charge is 2.14. The minimum Gasteiger partial charge on any atom is -0.384 e. The van der Waals surface area contributed by atoms with E-state index in [1.54, 1.807) is 0 Å². The van der Waals surface area contributed by atoms with Crippen molar-refractivity contribution in [3.63, 3.8) is 0 Å². The van der Waals surface area contributed by atoms with Gasteiger partial charge in [-0.1, -0.05) is 13.8 Å². The number of hydrogen-bond donors (Lipinski definition) is 3. The van der Waals surface area contributed by atoms with Gasteiger partial charge in [-0.15, -0.1) is 0 Å². The van der Waals surface area contributed by atoms with Crippen LogP contribution in [0.2, 0.25) is 0 Å². The van der Waals surface area contributed by atoms with Crippen LogP contribution in [-0.4, -0.2) is 18.1 Å². The van der Waals surface area contributed by atoms with E-state index in [0.717, 1.165) is 25.2 Å². The number of aromatic amines is 1. The van der Waals surface area contributed by atoms with Gasteiger partial charge in [0.2, 0.25) is 0 Å². The van der Waals surface area contributed by atoms with Gasteiger partial charge in [-0.05, 0) is 24.4 Å². The molecule has 13 heavy (non-hydrogen) atoms. The first kappa shape index (κ1) is 10.1. The van der Waals surface area contributed by atoms with E-state index in [1.165, 1.54) is 0 Å². The maximum Gasteiger partial charge on any atom is 0.0517 e. The minimum absolute atomic E-state index is 0.239. The van der Waals surface area contributed by atoms with Crippen LogP contribution in [0.1, 0.15) is 20.3 Å². The second-order valence-electron chi connectivity index (χ2n) is 4.14. The van der Waals surface area contributed by atoms with E-state index < -0.39 is 0 Å². The Morgan fingerprint density at radius 1 is 1.54 bits per heavy atom. The van der Waals surface area contributed by atoms with Gasteiger partial charge in [0.25, 0.3) is 0 Å². The predicted octanol–water partition coefficient (Wildman–Crippen LogP) is 1.80. The highest BCUT2D eigenvalue weighted by Crippen LogP contribution is 2.17. The number of nitrogens with one attached hydrogen (secondary N) is 2. The summed E-state index contributed by atoms with van der Waals surface area (Å²) in [6, 6.07) is 2.02. The zero-order valence-electron chi connectivity index (χ0n) is 8.43. The van der Waals surface area contributed by atoms with Gasteiger partial charge in [-0.25, -0.2) is 0 Å². The van der Waals surface area contributed by atoms with Crippen LogP contribution in [0.3, 0.4) is 0 Å². The Hall–Kier alpha value is -0.960. The zero-order chi connectivity index (χ0) is 9.73. The summed E-state index contributed by atoms with van der Waals surface area (Å²) in [5, 5.41) is 3.33. The van der Waals surface area contributed by atoms with Crippen LogP contribution < -0.4 is 11.1 Å². The predicted molar refractivity (Wildman–Crippen MR) is 56.7 cm³/mol. The summed E-state index contributed by atoms with van der Waals surface area (Å²) in [5.41, 5.74) is 7.02. The number of hydrogen-bond acceptors (Lipinski definition) is 2. The lowest BCUT2D eigenvalue weighted by Gasteiger charge is -2.22. The molecule has 74 valence electrons. The lowest BCUT2D eigenvalue weighted by molar-refractivity contribution is 0.358. The molecule has 1 aromatic rings. The van der Waals surface area contributed by atoms with E-state index in [0.29, 0.717) is 0 Å². The first-order valence-electron chi connectivity index (χ1n) is 4.71. The molecule has 4 N–H and O–H groups in total. The van der Waals surface area contributed by atoms with Gasteiger partial charge in [0.15, 0.2) is 0 Å². The molecule has 0 aliphatic heterocycles. The molecule has 0 bridgehead atoms. The molecule has 0 saturated carbocycles. The molecule has 0 saturated heterocycles. The second-order valence-corrected chi connectivity index (χ2v) is 4.14. The van der Waals surface area contributed by atoms with Gasteiger partial charge in [-0.3, -0.25) is 0 Å². The standard InChI is InChI=1S/C10H19N3/c1-10(2,8-11)4-6-13-9-3-5-12-7-9/h3,5,7,12-13H,4,6,8,11H2,1-2H3. The lowest BCUT2D eigenvalue weighted by atomic mass is 9.90. The number of nitrogens with two attached hydrogens (primary N) is 1. The summed E-state index contributed by atoms with van der Waals surface area (Å²) in [5.74, 6) is 0. The van der Waals surface area contributed by atoms with Crippen molar-refractivity contribution in [2.24, 2.45) is 11.1 Å². The lowest BCUT2D eigenvalue weighted by Crippen LogP contribution is -2.26. The van der Waals surface area contributed by atoms with Crippen molar-refractivity contribution >= 4 is 5.69 Å². The largest absolute Gasteiger partial charge is 0.384 e. The molecule has 0 spiro atoms. The number of aromatic nitrogens is 1. The van der Waals surface area contributed by atoms with Crippen molar-refractivity contribution in [3.8, 4) is 0 Å². The van der Waals surface area contributed by atoms with Crippen molar-refractivity contribution in [3.05, 3.63) is 18.5 Å². The summed E-state index contributed by atoms with van der Waals surface area (Å²) in [4.78, 5) is 3.00. The van der Waals surface area contributed by atoms with E-state index in [4.69, 9.17) is 5.73 Å². The molecular weight excluding hydrogens is 162 g/mol. The summed E-state index contributed by atoms with van der Waals surface area (Å²) in [6.45, 7) is 6.08. The molecule has 1 aromatic heterocycles. The third-order valence-electron chi connectivity index (χ3n) is 2.28. The first-order chi connectivity index (χ1) is 6.14. The molecule has 3 heteroatoms. The molecule has 0 aliphatic carbocycles. The monoisotopic (exact) mass is 181 g/mol. The fourth-order valence-electron chi connectivity index (χ4n) is 1.08. The SMILES string of the molecule is CC(C)(CN)CCNc1cc[nH]c1. The molecule has 1 heterocycles. The van der Waals surface area contributed by atoms with Crippen molar-refractivity contribution < 1.29 is 0 Å². The molecular formula is C10H19N3. The van der Waals surface area contributed by atoms with Gasteiger partial charge in [-0.2, -0.15) is 0 Å². The van der Waals surface area contributed by atoms with E-state index in [9.17, 15) is 0 Å². The van der Waals surface area contributed by atoms with E-state index in [1.807, 2.05) is 18.5 Å². The molecule has 0 atom stereocenters. The third kappa shape index (κ3) is 3.51. The summed E-state index contributed by atoms with van der Waals surface area (Å²) >= 11 is 0. The topological polar surface area (TPSA) is 53.8 Å². The van der Waals surface area contributed by atoms with Gasteiger partial charge in [0, 0.05) is 18.9 Å². The Morgan fingerprint density at radius 2 is 2.31 bits per heavy atom. The van der Waals surface area contributed by atoms with Crippen LogP contribution in [0.25, 0.3) is 0 Å². The molecule has 0 unspecified atom stereocenters. The molecule has 1 rings (SSSR count). The Kier molecular flexibility index (Phi) is 3.37. The van der Waals surface area contributed by atoms with Gasteiger partial charge < -0.3 is 16.0 Å². The number of rotatable bonds is 5. The van der Waals surface area contributed by atoms with E-state index in [-0.39, 0.29) is 5.41 Å². The smallest absolute Gasteiger partial charge is 0.0517 e. The summed E-state index contributed by atoms with van der Waals surface area (Å²) in [7, 11) is 0. The van der Waals surface area contributed by atoms with E-state index >= 15 is 0 Å². The van der Waals surface area contributed by atoms with Crippen LogP contribution in [0.5, 0.6) is 0 Å². The Morgan fingerprint density at radius 3 is 2.85 bits per heavy atom. The fourth-order valence-corrected chi connectivity index (χ4v) is 1.08. The highest BCUT2D eigenvalue weighted by molar-refractivity contribution is 5.39. The van der Waals surface area contributed by atoms with Gasteiger partial charge >= 0.3 is 0 Å². The summed E-state index contributed by atoms with van der Waals surface area (Å²) < 4.78 is 0. The molecule has 0 fully saturated rings. The van der Waals surface area contributed by atoms with Crippen LogP contribution in [0, 0.1) is 5.41 Å². The number of anilines is 1. The molecule has 3 nitrogen and oxygen atoms in total. The minimum atomic E-state index is 0.239. The van der Waals surface area contributed by atoms with Crippen LogP contribution in [-0.2, 0) is 0 Å². The Labute approximate surface area is 79.7 Å². The molecule has 0 aliphatic rings. The maximum atomic E-state index is 5.63. The van der Waals surface area contributed by atoms with Crippen molar-refractivity contribution in [2.75, 3.05) is 18.4 Å². The maximum absolute atomic E-state index is 5.63. The highest BCUT2D eigenvalue weighted by atomic mass is 14.9. The van der Waals surface area contributed by atoms with Crippen molar-refractivity contribution in [1.82, 2.24) is 4.98 Å². The fraction of sp³-hybridized carbons (Fsp3) is 0.600. The average molecular weight is 181 g/mol. The molecule has 0 aromatic carbocycles. The van der Waals surface area contributed by atoms with Crippen LogP contribution >= 0.6 is 0 Å². The third-order valence-corrected chi connectivity index (χ3v) is 2.28. The van der Waals surface area contributed by atoms with Crippen molar-refractivity contribution in [2.45, 2.75) is 20.3 Å². The second kappa shape index (κ2) is 4.33. The molecule has 0 radical (unpaired) electrons. The summed E-state index contributed by atoms with van der Waals surface area (Å²) in [6.07, 6.45) is 4.96. The van der Waals surface area contributed by atoms with Crippen molar-refractivity contribution in [1.29, 1.82) is 0 Å². The number of H-pyrrole nitrogens is 1. The normalized spacial score (nSPS) is 11.6. The molecule has 0 amide bonds. The van der Waals surface area contributed by atoms with Gasteiger partial charge in [0.1, 0.15) is 0 Å². The van der Waals surface area contributed by atoms with Gasteiger partial charge in [0.05, 0.1) is 5.69 Å². The van der Waals surface area contributed by atoms with E-state index in [2.05, 4.69) is 24.1 Å². The Bertz CT molecular complexity index is 226. The van der Waals surface area contributed by atoms with Crippen LogP contribution in [0.15, 0.2) is 18.5 Å². The average Bonchev–Trinajstić information content (AvgIpc) is 2.57. The quantitative estimate of drug-likeness (QED) is 0.648. The van der Waals surface area contributed by atoms with Crippen LogP contribution in [0.4, 0.5) is 5.69 Å². The Balaban J connectivity index is 2.21.